The number of ketones is 2. The number of Topliss-reactive ketones (excluding diaryl/α,β-unsaturated/α-hetero) is 2. The second-order valence-corrected chi connectivity index (χ2v) is 14.6. The summed E-state index contributed by atoms with van der Waals surface area (Å²) < 4.78 is 12.8. The molecule has 2 aliphatic carbocycles. The van der Waals surface area contributed by atoms with Crippen LogP contribution in [0, 0.1) is 24.5 Å². The maximum Gasteiger partial charge on any atom is 0.269 e. The van der Waals surface area contributed by atoms with Gasteiger partial charge < -0.3 is 14.4 Å². The fourth-order valence-electron chi connectivity index (χ4n) is 6.79. The molecule has 1 aliphatic heterocycles. The maximum atomic E-state index is 14.0. The minimum atomic E-state index is -0.462. The fourth-order valence-corrected chi connectivity index (χ4v) is 7.57. The minimum Gasteiger partial charge on any atom is -0.493 e. The van der Waals surface area contributed by atoms with E-state index in [2.05, 4.69) is 62.1 Å². The third kappa shape index (κ3) is 6.10. The number of non-ortho nitro benzene ring substituents is 1. The van der Waals surface area contributed by atoms with Crippen molar-refractivity contribution >= 4 is 39.8 Å². The Morgan fingerprint density at radius 3 is 2.00 bits per heavy atom. The summed E-state index contributed by atoms with van der Waals surface area (Å²) >= 11 is 2.22. The molecule has 43 heavy (non-hydrogen) atoms. The summed E-state index contributed by atoms with van der Waals surface area (Å²) in [6, 6.07) is 10.2. The zero-order valence-corrected chi connectivity index (χ0v) is 27.9. The zero-order valence-electron chi connectivity index (χ0n) is 25.7. The molecule has 0 radical (unpaired) electrons. The monoisotopic (exact) mass is 698 g/mol. The molecule has 0 spiro atoms. The first-order chi connectivity index (χ1) is 20.2. The predicted molar refractivity (Wildman–Crippen MR) is 173 cm³/mol. The van der Waals surface area contributed by atoms with Gasteiger partial charge >= 0.3 is 0 Å². The molecule has 1 heterocycles. The second-order valence-electron chi connectivity index (χ2n) is 13.4. The van der Waals surface area contributed by atoms with Crippen LogP contribution in [0.3, 0.4) is 0 Å². The third-order valence-corrected chi connectivity index (χ3v) is 9.39. The normalized spacial score (nSPS) is 19.7. The Kier molecular flexibility index (Phi) is 8.50. The maximum absolute atomic E-state index is 14.0. The molecular formula is C34H39IN2O6. The van der Waals surface area contributed by atoms with E-state index in [0.717, 1.165) is 63.0 Å². The number of methoxy groups -OCH3 is 1. The number of carbonyl (C=O) groups is 2. The molecular weight excluding hydrogens is 659 g/mol. The Bertz CT molecular complexity index is 1500. The van der Waals surface area contributed by atoms with Crippen molar-refractivity contribution in [1.29, 1.82) is 0 Å². The van der Waals surface area contributed by atoms with Crippen molar-refractivity contribution in [3.05, 3.63) is 83.7 Å². The number of allylic oxidation sites excluding steroid dienone is 4. The van der Waals surface area contributed by atoms with Crippen molar-refractivity contribution < 1.29 is 24.0 Å². The summed E-state index contributed by atoms with van der Waals surface area (Å²) in [5, 5.41) is 11.0. The molecule has 9 heteroatoms. The summed E-state index contributed by atoms with van der Waals surface area (Å²) in [7, 11) is 1.58. The van der Waals surface area contributed by atoms with Gasteiger partial charge in [0.25, 0.3) is 5.69 Å². The number of nitro groups is 1. The van der Waals surface area contributed by atoms with Gasteiger partial charge in [-0.2, -0.15) is 0 Å². The molecule has 0 amide bonds. The molecule has 2 aromatic rings. The van der Waals surface area contributed by atoms with E-state index >= 15 is 0 Å². The first-order valence-corrected chi connectivity index (χ1v) is 15.9. The van der Waals surface area contributed by atoms with Gasteiger partial charge in [0.15, 0.2) is 23.1 Å². The van der Waals surface area contributed by atoms with Crippen molar-refractivity contribution in [2.45, 2.75) is 79.2 Å². The SMILES string of the molecule is CCCN1C2=C(C(=O)CC(C)(C)C2)C(c2cc(I)c(OCc3ccc([N+](=O)[O-])cc3)c(OC)c2)C2=C1CC(C)(C)CC2=O. The van der Waals surface area contributed by atoms with Crippen molar-refractivity contribution in [2.24, 2.45) is 10.8 Å². The highest BCUT2D eigenvalue weighted by atomic mass is 127. The number of rotatable bonds is 8. The lowest BCUT2D eigenvalue weighted by Crippen LogP contribution is -2.44. The Labute approximate surface area is 266 Å². The van der Waals surface area contributed by atoms with Crippen LogP contribution >= 0.6 is 22.6 Å². The average molecular weight is 699 g/mol. The molecule has 0 unspecified atom stereocenters. The third-order valence-electron chi connectivity index (χ3n) is 8.58. The summed E-state index contributed by atoms with van der Waals surface area (Å²) in [6.07, 6.45) is 3.35. The number of ether oxygens (including phenoxy) is 2. The van der Waals surface area contributed by atoms with Gasteiger partial charge in [0.05, 0.1) is 15.6 Å². The predicted octanol–water partition coefficient (Wildman–Crippen LogP) is 7.88. The van der Waals surface area contributed by atoms with E-state index in [-0.39, 0.29) is 34.7 Å². The van der Waals surface area contributed by atoms with Crippen LogP contribution in [0.2, 0.25) is 0 Å². The van der Waals surface area contributed by atoms with Gasteiger partial charge in [0.1, 0.15) is 6.61 Å². The van der Waals surface area contributed by atoms with Gasteiger partial charge in [-0.1, -0.05) is 34.6 Å². The number of nitrogens with zero attached hydrogens (tertiary/aromatic N) is 2. The van der Waals surface area contributed by atoms with E-state index in [1.54, 1.807) is 19.2 Å². The highest BCUT2D eigenvalue weighted by molar-refractivity contribution is 14.1. The van der Waals surface area contributed by atoms with Crippen LogP contribution in [-0.4, -0.2) is 35.0 Å². The number of halogens is 1. The molecule has 0 atom stereocenters. The van der Waals surface area contributed by atoms with Gasteiger partial charge in [-0.3, -0.25) is 19.7 Å². The van der Waals surface area contributed by atoms with Crippen LogP contribution in [0.5, 0.6) is 11.5 Å². The summed E-state index contributed by atoms with van der Waals surface area (Å²) in [5.41, 5.74) is 4.94. The van der Waals surface area contributed by atoms with E-state index in [9.17, 15) is 19.7 Å². The highest BCUT2D eigenvalue weighted by Crippen LogP contribution is 2.55. The van der Waals surface area contributed by atoms with Gasteiger partial charge in [-0.15, -0.1) is 0 Å². The number of hydrogen-bond acceptors (Lipinski definition) is 7. The van der Waals surface area contributed by atoms with E-state index in [1.165, 1.54) is 12.1 Å². The molecule has 8 nitrogen and oxygen atoms in total. The van der Waals surface area contributed by atoms with Crippen molar-refractivity contribution in [2.75, 3.05) is 13.7 Å². The van der Waals surface area contributed by atoms with Crippen LogP contribution in [0.25, 0.3) is 0 Å². The van der Waals surface area contributed by atoms with Gasteiger partial charge in [-0.05, 0) is 88.1 Å². The average Bonchev–Trinajstić information content (AvgIpc) is 2.91. The summed E-state index contributed by atoms with van der Waals surface area (Å²) in [6.45, 7) is 11.7. The van der Waals surface area contributed by atoms with Crippen LogP contribution in [0.15, 0.2) is 58.9 Å². The molecule has 0 fully saturated rings. The number of carbonyl (C=O) groups excluding carboxylic acids is 2. The van der Waals surface area contributed by atoms with Gasteiger partial charge in [-0.25, -0.2) is 0 Å². The number of nitro benzene ring substituents is 1. The fraction of sp³-hybridized carbons (Fsp3) is 0.471. The number of hydrogen-bond donors (Lipinski definition) is 0. The molecule has 0 N–H and O–H groups in total. The van der Waals surface area contributed by atoms with Crippen LogP contribution in [-0.2, 0) is 16.2 Å². The summed E-state index contributed by atoms with van der Waals surface area (Å²) in [4.78, 5) is 40.9. The van der Waals surface area contributed by atoms with E-state index in [1.807, 2.05) is 12.1 Å². The molecule has 0 saturated heterocycles. The minimum absolute atomic E-state index is 0.0221. The first-order valence-electron chi connectivity index (χ1n) is 14.8. The van der Waals surface area contributed by atoms with Gasteiger partial charge in [0, 0.05) is 60.0 Å². The standard InChI is InChI=1S/C34H39IN2O6/c1-7-12-36-24-15-33(2,3)17-26(38)30(24)29(31-25(36)16-34(4,5)18-27(31)39)21-13-23(35)32(28(14-21)42-6)43-19-20-8-10-22(11-9-20)37(40)41/h8-11,13-14,29H,7,12,15-19H2,1-6H3. The molecule has 0 bridgehead atoms. The topological polar surface area (TPSA) is 99.0 Å². The van der Waals surface area contributed by atoms with Crippen LogP contribution in [0.4, 0.5) is 5.69 Å². The zero-order chi connectivity index (χ0) is 31.3. The molecule has 0 aromatic heterocycles. The largest absolute Gasteiger partial charge is 0.493 e. The molecule has 228 valence electrons. The van der Waals surface area contributed by atoms with E-state index in [4.69, 9.17) is 9.47 Å². The number of benzene rings is 2. The molecule has 3 aliphatic rings. The van der Waals surface area contributed by atoms with Crippen molar-refractivity contribution in [1.82, 2.24) is 4.90 Å². The highest BCUT2D eigenvalue weighted by Gasteiger charge is 2.49. The van der Waals surface area contributed by atoms with Crippen molar-refractivity contribution in [3.63, 3.8) is 0 Å². The first kappa shape index (κ1) is 31.2. The Hall–Kier alpha value is -3.21. The Balaban J connectivity index is 1.61. The second kappa shape index (κ2) is 11.7. The lowest BCUT2D eigenvalue weighted by Gasteiger charge is -2.49. The smallest absolute Gasteiger partial charge is 0.269 e. The molecule has 2 aromatic carbocycles. The van der Waals surface area contributed by atoms with Crippen LogP contribution in [0.1, 0.15) is 83.8 Å². The quantitative estimate of drug-likeness (QED) is 0.157. The Morgan fingerprint density at radius 2 is 1.51 bits per heavy atom. The summed E-state index contributed by atoms with van der Waals surface area (Å²) in [5.74, 6) is 0.806. The van der Waals surface area contributed by atoms with E-state index < -0.39 is 10.8 Å². The lowest BCUT2D eigenvalue weighted by atomic mass is 9.63. The van der Waals surface area contributed by atoms with Crippen LogP contribution < -0.4 is 9.47 Å². The molecule has 0 saturated carbocycles. The molecule has 5 rings (SSSR count). The van der Waals surface area contributed by atoms with Crippen molar-refractivity contribution in [3.8, 4) is 11.5 Å². The van der Waals surface area contributed by atoms with Gasteiger partial charge in [0.2, 0.25) is 0 Å². The lowest BCUT2D eigenvalue weighted by molar-refractivity contribution is -0.384. The van der Waals surface area contributed by atoms with E-state index in [0.29, 0.717) is 24.3 Å². The Morgan fingerprint density at radius 1 is 0.953 bits per heavy atom.